The van der Waals surface area contributed by atoms with Gasteiger partial charge in [-0.25, -0.2) is 0 Å². The Kier molecular flexibility index (Phi) is 9.60. The molecule has 42 heavy (non-hydrogen) atoms. The number of carbonyl (C=O) groups excluding carboxylic acids is 3. The number of furan rings is 1. The summed E-state index contributed by atoms with van der Waals surface area (Å²) in [6.45, 7) is 3.54. The predicted molar refractivity (Wildman–Crippen MR) is 169 cm³/mol. The van der Waals surface area contributed by atoms with Crippen molar-refractivity contribution in [3.63, 3.8) is 0 Å². The van der Waals surface area contributed by atoms with E-state index in [2.05, 4.69) is 26.6 Å². The molecule has 0 fully saturated rings. The number of nitrogens with zero attached hydrogens (tertiary/aromatic N) is 2. The molecule has 0 aliphatic carbocycles. The van der Waals surface area contributed by atoms with Gasteiger partial charge in [0.25, 0.3) is 11.8 Å². The van der Waals surface area contributed by atoms with E-state index in [9.17, 15) is 14.4 Å². The van der Waals surface area contributed by atoms with E-state index in [1.807, 2.05) is 42.5 Å². The normalized spacial score (nSPS) is 15.5. The topological polar surface area (TPSA) is 104 Å². The van der Waals surface area contributed by atoms with E-state index in [1.165, 1.54) is 4.90 Å². The summed E-state index contributed by atoms with van der Waals surface area (Å²) < 4.78 is 12.3. The molecular weight excluding hydrogens is 624 g/mol. The maximum absolute atomic E-state index is 14.3. The maximum atomic E-state index is 14.3. The van der Waals surface area contributed by atoms with Crippen molar-refractivity contribution >= 4 is 68.2 Å². The minimum Gasteiger partial charge on any atom is -0.496 e. The number of rotatable bonds is 7. The first kappa shape index (κ1) is 31.1. The van der Waals surface area contributed by atoms with Crippen molar-refractivity contribution in [3.8, 4) is 5.75 Å². The molecule has 1 unspecified atom stereocenters. The Bertz CT molecular complexity index is 1640. The second-order valence-electron chi connectivity index (χ2n) is 9.92. The highest BCUT2D eigenvalue weighted by Crippen LogP contribution is 2.38. The van der Waals surface area contributed by atoms with Crippen LogP contribution < -0.4 is 25.2 Å². The molecule has 2 atom stereocenters. The molecule has 5 rings (SSSR count). The van der Waals surface area contributed by atoms with Crippen LogP contribution in [0.3, 0.4) is 0 Å². The summed E-state index contributed by atoms with van der Waals surface area (Å²) in [6.07, 6.45) is 0. The van der Waals surface area contributed by atoms with Crippen LogP contribution in [0.5, 0.6) is 5.75 Å². The molecule has 11 heteroatoms. The molecule has 4 aromatic rings. The highest BCUT2D eigenvalue weighted by Gasteiger charge is 2.38. The summed E-state index contributed by atoms with van der Waals surface area (Å²) in [5.41, 5.74) is 1.86. The number of nitrogens with one attached hydrogen (secondary N) is 2. The molecule has 0 bridgehead atoms. The third kappa shape index (κ3) is 6.01. The molecule has 0 spiro atoms. The number of aryl methyl sites for hydroxylation is 1. The second kappa shape index (κ2) is 13.0. The van der Waals surface area contributed by atoms with Crippen LogP contribution in [-0.4, -0.2) is 50.5 Å². The van der Waals surface area contributed by atoms with Gasteiger partial charge in [0.2, 0.25) is 5.91 Å². The van der Waals surface area contributed by atoms with E-state index in [0.29, 0.717) is 22.9 Å². The van der Waals surface area contributed by atoms with Crippen molar-refractivity contribution in [3.05, 3.63) is 88.3 Å². The average Bonchev–Trinajstić information content (AvgIpc) is 3.38. The molecule has 3 amide bonds. The lowest BCUT2D eigenvalue weighted by Crippen LogP contribution is -2.55. The van der Waals surface area contributed by atoms with Crippen molar-refractivity contribution in [1.82, 2.24) is 10.6 Å². The predicted octanol–water partition coefficient (Wildman–Crippen LogP) is 5.22. The number of amides is 3. The van der Waals surface area contributed by atoms with Crippen LogP contribution in [0.15, 0.2) is 75.6 Å². The fourth-order valence-corrected chi connectivity index (χ4v) is 5.40. The summed E-state index contributed by atoms with van der Waals surface area (Å²) in [4.78, 5) is 44.2. The Morgan fingerprint density at radius 1 is 1.10 bits per heavy atom. The summed E-state index contributed by atoms with van der Waals surface area (Å²) in [5.74, 6) is 0.248. The Morgan fingerprint density at radius 3 is 2.50 bits per heavy atom. The number of halogens is 2. The molecule has 0 radical (unpaired) electrons. The Balaban J connectivity index is 0.00000405. The van der Waals surface area contributed by atoms with E-state index in [1.54, 1.807) is 57.2 Å². The van der Waals surface area contributed by atoms with Crippen LogP contribution in [0.1, 0.15) is 28.8 Å². The number of carbonyl (C=O) groups is 3. The van der Waals surface area contributed by atoms with Gasteiger partial charge in [-0.15, -0.1) is 12.4 Å². The highest BCUT2D eigenvalue weighted by molar-refractivity contribution is 9.10. The van der Waals surface area contributed by atoms with E-state index in [4.69, 9.17) is 9.15 Å². The molecule has 0 saturated heterocycles. The first-order chi connectivity index (χ1) is 19.7. The SMILES string of the molecule is CNC(C)C(=O)N[C@H]1CN(C(=O)c2ccc(C)o2)c2ccccc2N(Cc2c(OC)ccc3cc(Br)ccc23)C1=O.Cl. The first-order valence-electron chi connectivity index (χ1n) is 13.2. The largest absolute Gasteiger partial charge is 0.496 e. The smallest absolute Gasteiger partial charge is 0.294 e. The van der Waals surface area contributed by atoms with Crippen LogP contribution in [0.2, 0.25) is 0 Å². The lowest BCUT2D eigenvalue weighted by Gasteiger charge is -2.27. The van der Waals surface area contributed by atoms with Crippen molar-refractivity contribution < 1.29 is 23.5 Å². The number of benzene rings is 3. The molecule has 220 valence electrons. The van der Waals surface area contributed by atoms with Gasteiger partial charge in [-0.05, 0) is 74.1 Å². The van der Waals surface area contributed by atoms with Gasteiger partial charge in [-0.2, -0.15) is 0 Å². The molecule has 1 aromatic heterocycles. The lowest BCUT2D eigenvalue weighted by molar-refractivity contribution is -0.128. The van der Waals surface area contributed by atoms with Crippen LogP contribution in [-0.2, 0) is 16.1 Å². The van der Waals surface area contributed by atoms with E-state index >= 15 is 0 Å². The van der Waals surface area contributed by atoms with Crippen molar-refractivity contribution in [2.24, 2.45) is 0 Å². The number of anilines is 2. The molecule has 2 N–H and O–H groups in total. The van der Waals surface area contributed by atoms with E-state index in [0.717, 1.165) is 20.8 Å². The van der Waals surface area contributed by atoms with Gasteiger partial charge in [-0.3, -0.25) is 14.4 Å². The first-order valence-corrected chi connectivity index (χ1v) is 14.0. The minimum atomic E-state index is -1.03. The fourth-order valence-electron chi connectivity index (χ4n) is 5.02. The number of likely N-dealkylation sites (N-methyl/N-ethyl adjacent to an activating group) is 1. The van der Waals surface area contributed by atoms with E-state index in [-0.39, 0.29) is 43.1 Å². The zero-order chi connectivity index (χ0) is 29.3. The standard InChI is InChI=1S/C31H31BrN4O5.ClH/c1-18-9-13-28(41-18)31(39)36-17-24(34-29(37)19(2)33-3)30(38)35(25-7-5-6-8-26(25)36)16-23-22-12-11-21(32)15-20(22)10-14-27(23)40-4;/h5-15,19,24,33H,16-17H2,1-4H3,(H,34,37);1H/t19?,24-;/m0./s1. The van der Waals surface area contributed by atoms with Crippen LogP contribution in [0, 0.1) is 6.92 Å². The number of para-hydroxylation sites is 2. The van der Waals surface area contributed by atoms with Gasteiger partial charge in [0.05, 0.1) is 37.6 Å². The van der Waals surface area contributed by atoms with Crippen molar-refractivity contribution in [2.45, 2.75) is 32.5 Å². The highest BCUT2D eigenvalue weighted by atomic mass is 79.9. The molecule has 2 heterocycles. The summed E-state index contributed by atoms with van der Waals surface area (Å²) in [5, 5.41) is 7.67. The molecule has 1 aliphatic rings. The van der Waals surface area contributed by atoms with Crippen LogP contribution >= 0.6 is 28.3 Å². The molecule has 3 aromatic carbocycles. The minimum absolute atomic E-state index is 0. The summed E-state index contributed by atoms with van der Waals surface area (Å²) >= 11 is 3.54. The van der Waals surface area contributed by atoms with Gasteiger partial charge in [0, 0.05) is 10.0 Å². The summed E-state index contributed by atoms with van der Waals surface area (Å²) in [6, 6.07) is 18.7. The van der Waals surface area contributed by atoms with Crippen molar-refractivity contribution in [2.75, 3.05) is 30.5 Å². The van der Waals surface area contributed by atoms with Gasteiger partial charge >= 0.3 is 0 Å². The Labute approximate surface area is 258 Å². The third-order valence-electron chi connectivity index (χ3n) is 7.32. The maximum Gasteiger partial charge on any atom is 0.294 e. The number of methoxy groups -OCH3 is 1. The monoisotopic (exact) mass is 654 g/mol. The van der Waals surface area contributed by atoms with E-state index < -0.39 is 18.0 Å². The van der Waals surface area contributed by atoms with Crippen LogP contribution in [0.4, 0.5) is 11.4 Å². The number of hydrogen-bond donors (Lipinski definition) is 2. The molecule has 0 saturated carbocycles. The zero-order valence-electron chi connectivity index (χ0n) is 23.6. The lowest BCUT2D eigenvalue weighted by atomic mass is 10.0. The van der Waals surface area contributed by atoms with Gasteiger partial charge < -0.3 is 29.6 Å². The Morgan fingerprint density at radius 2 is 1.83 bits per heavy atom. The second-order valence-corrected chi connectivity index (χ2v) is 10.8. The Hall–Kier alpha value is -3.86. The quantitative estimate of drug-likeness (QED) is 0.283. The third-order valence-corrected chi connectivity index (χ3v) is 7.81. The van der Waals surface area contributed by atoms with Gasteiger partial charge in [-0.1, -0.05) is 40.2 Å². The molecule has 1 aliphatic heterocycles. The zero-order valence-corrected chi connectivity index (χ0v) is 26.0. The van der Waals surface area contributed by atoms with Crippen LogP contribution in [0.25, 0.3) is 10.8 Å². The van der Waals surface area contributed by atoms with Gasteiger partial charge in [0.1, 0.15) is 17.6 Å². The average molecular weight is 656 g/mol. The molecule has 9 nitrogen and oxygen atoms in total. The van der Waals surface area contributed by atoms with Gasteiger partial charge in [0.15, 0.2) is 5.76 Å². The number of ether oxygens (including phenoxy) is 1. The molecular formula is C31H32BrClN4O5. The number of hydrogen-bond acceptors (Lipinski definition) is 6. The summed E-state index contributed by atoms with van der Waals surface area (Å²) in [7, 11) is 3.26. The van der Waals surface area contributed by atoms with Crippen molar-refractivity contribution in [1.29, 1.82) is 0 Å². The fraction of sp³-hybridized carbons (Fsp3) is 0.258. The number of fused-ring (bicyclic) bond motifs is 2.